The van der Waals surface area contributed by atoms with Crippen molar-refractivity contribution in [2.75, 3.05) is 33.5 Å². The second-order valence-corrected chi connectivity index (χ2v) is 8.44. The average molecular weight is 469 g/mol. The highest BCUT2D eigenvalue weighted by atomic mass is 31.1. The van der Waals surface area contributed by atoms with Gasteiger partial charge in [0.15, 0.2) is 0 Å². The van der Waals surface area contributed by atoms with Gasteiger partial charge in [-0.2, -0.15) is 0 Å². The number of unbranched alkanes of at least 4 members (excludes halogenated alkanes) is 12. The van der Waals surface area contributed by atoms with Gasteiger partial charge in [0.05, 0.1) is 13.2 Å². The van der Waals surface area contributed by atoms with Crippen molar-refractivity contribution in [3.63, 3.8) is 0 Å². The monoisotopic (exact) mass is 468 g/mol. The number of rotatable bonds is 21. The van der Waals surface area contributed by atoms with Gasteiger partial charge in [-0.05, 0) is 6.42 Å². The summed E-state index contributed by atoms with van der Waals surface area (Å²) in [6, 6.07) is 0. The zero-order valence-corrected chi connectivity index (χ0v) is 20.6. The summed E-state index contributed by atoms with van der Waals surface area (Å²) in [6.45, 7) is 2.60. The molecular formula is C22H47NO7P+. The maximum Gasteiger partial charge on any atom is 0.694 e. The molecule has 31 heavy (non-hydrogen) atoms. The van der Waals surface area contributed by atoms with Gasteiger partial charge in [0.1, 0.15) is 12.7 Å². The summed E-state index contributed by atoms with van der Waals surface area (Å²) < 4.78 is 18.6. The standard InChI is InChI=1S/C18H37NO2.C4H9O5P/c1-2-3-4-5-6-7-8-9-10-11-12-13-14-15-18(21)19-16-17-20;1-8-2-4(5)3-9-10(6)7/h20H,2-17H2,1H3,(H,19,21);4-5H,2-3H2,1H3/p+1. The van der Waals surface area contributed by atoms with Crippen LogP contribution in [-0.2, 0) is 18.6 Å². The predicted molar refractivity (Wildman–Crippen MR) is 124 cm³/mol. The lowest BCUT2D eigenvalue weighted by molar-refractivity contribution is -0.121. The zero-order chi connectivity index (χ0) is 23.6. The van der Waals surface area contributed by atoms with E-state index in [1.165, 1.54) is 77.7 Å². The van der Waals surface area contributed by atoms with E-state index in [1.807, 2.05) is 0 Å². The molecule has 0 rings (SSSR count). The molecule has 2 atom stereocenters. The third-order valence-corrected chi connectivity index (χ3v) is 5.05. The van der Waals surface area contributed by atoms with Gasteiger partial charge in [-0.3, -0.25) is 4.79 Å². The Labute approximate surface area is 190 Å². The molecule has 186 valence electrons. The molecule has 9 heteroatoms. The van der Waals surface area contributed by atoms with Crippen molar-refractivity contribution in [2.24, 2.45) is 0 Å². The molecule has 8 nitrogen and oxygen atoms in total. The van der Waals surface area contributed by atoms with Gasteiger partial charge < -0.3 is 20.3 Å². The first-order valence-corrected chi connectivity index (χ1v) is 12.9. The highest BCUT2D eigenvalue weighted by Crippen LogP contribution is 2.14. The molecule has 4 N–H and O–H groups in total. The Balaban J connectivity index is 0. The van der Waals surface area contributed by atoms with Crippen LogP contribution in [0.15, 0.2) is 0 Å². The minimum absolute atomic E-state index is 0.0321. The van der Waals surface area contributed by atoms with Crippen LogP contribution in [0.25, 0.3) is 0 Å². The number of amides is 1. The fraction of sp³-hybridized carbons (Fsp3) is 0.955. The Hall–Kier alpha value is -0.630. The Bertz CT molecular complexity index is 400. The first-order chi connectivity index (χ1) is 15.0. The lowest BCUT2D eigenvalue weighted by atomic mass is 10.0. The molecule has 0 bridgehead atoms. The van der Waals surface area contributed by atoms with Crippen LogP contribution >= 0.6 is 8.25 Å². The van der Waals surface area contributed by atoms with E-state index in [0.717, 1.165) is 12.8 Å². The molecule has 1 amide bonds. The van der Waals surface area contributed by atoms with Gasteiger partial charge in [-0.1, -0.05) is 84.0 Å². The fourth-order valence-corrected chi connectivity index (χ4v) is 3.28. The Morgan fingerprint density at radius 3 is 1.81 bits per heavy atom. The van der Waals surface area contributed by atoms with E-state index in [-0.39, 0.29) is 25.7 Å². The summed E-state index contributed by atoms with van der Waals surface area (Å²) in [5, 5.41) is 20.1. The van der Waals surface area contributed by atoms with Crippen molar-refractivity contribution in [1.29, 1.82) is 0 Å². The van der Waals surface area contributed by atoms with Crippen LogP contribution in [0.2, 0.25) is 0 Å². The number of carbonyl (C=O) groups is 1. The number of aliphatic hydroxyl groups excluding tert-OH is 2. The third kappa shape index (κ3) is 31.6. The van der Waals surface area contributed by atoms with Gasteiger partial charge >= 0.3 is 8.25 Å². The van der Waals surface area contributed by atoms with Crippen LogP contribution in [-0.4, -0.2) is 60.6 Å². The van der Waals surface area contributed by atoms with Crippen molar-refractivity contribution in [2.45, 2.75) is 103 Å². The molecule has 0 aliphatic rings. The second kappa shape index (κ2) is 27.4. The van der Waals surface area contributed by atoms with E-state index in [2.05, 4.69) is 21.5 Å². The highest BCUT2D eigenvalue weighted by molar-refractivity contribution is 7.32. The molecular weight excluding hydrogens is 421 g/mol. The highest BCUT2D eigenvalue weighted by Gasteiger charge is 2.15. The summed E-state index contributed by atoms with van der Waals surface area (Å²) in [5.74, 6) is 0.0760. The minimum atomic E-state index is -2.61. The molecule has 0 aromatic heterocycles. The molecule has 0 radical (unpaired) electrons. The topological polar surface area (TPSA) is 125 Å². The Morgan fingerprint density at radius 2 is 1.39 bits per heavy atom. The predicted octanol–water partition coefficient (Wildman–Crippen LogP) is 4.24. The van der Waals surface area contributed by atoms with Crippen LogP contribution in [0.5, 0.6) is 0 Å². The lowest BCUT2D eigenvalue weighted by Crippen LogP contribution is -2.25. The largest absolute Gasteiger partial charge is 0.694 e. The van der Waals surface area contributed by atoms with Crippen molar-refractivity contribution in [1.82, 2.24) is 5.32 Å². The van der Waals surface area contributed by atoms with E-state index in [4.69, 9.17) is 15.1 Å². The van der Waals surface area contributed by atoms with Gasteiger partial charge in [0.2, 0.25) is 5.91 Å². The first kappa shape index (κ1) is 32.5. The number of carbonyl (C=O) groups excluding carboxylic acids is 1. The summed E-state index contributed by atoms with van der Waals surface area (Å²) in [5.41, 5.74) is 0. The molecule has 0 heterocycles. The summed E-state index contributed by atoms with van der Waals surface area (Å²) in [6.07, 6.45) is 17.0. The van der Waals surface area contributed by atoms with E-state index in [1.54, 1.807) is 0 Å². The van der Waals surface area contributed by atoms with Gasteiger partial charge in [-0.25, -0.2) is 0 Å². The summed E-state index contributed by atoms with van der Waals surface area (Å²) in [7, 11) is -1.19. The number of hydrogen-bond donors (Lipinski definition) is 4. The summed E-state index contributed by atoms with van der Waals surface area (Å²) >= 11 is 0. The van der Waals surface area contributed by atoms with E-state index >= 15 is 0 Å². The zero-order valence-electron chi connectivity index (χ0n) is 19.7. The molecule has 0 aromatic carbocycles. The van der Waals surface area contributed by atoms with Crippen molar-refractivity contribution >= 4 is 14.2 Å². The maximum absolute atomic E-state index is 11.3. The molecule has 2 unspecified atom stereocenters. The average Bonchev–Trinajstić information content (AvgIpc) is 2.74. The SMILES string of the molecule is CCCCCCCCCCCCCCCC(=O)NCCO.COCC(O)CO[P+](=O)O. The lowest BCUT2D eigenvalue weighted by Gasteiger charge is -2.04. The van der Waals surface area contributed by atoms with Crippen LogP contribution < -0.4 is 5.32 Å². The van der Waals surface area contributed by atoms with Crippen LogP contribution in [0, 0.1) is 0 Å². The normalized spacial score (nSPS) is 12.1. The molecule has 0 fully saturated rings. The van der Waals surface area contributed by atoms with Crippen LogP contribution in [0.3, 0.4) is 0 Å². The molecule has 0 aliphatic carbocycles. The molecule has 0 saturated carbocycles. The van der Waals surface area contributed by atoms with E-state index < -0.39 is 14.4 Å². The van der Waals surface area contributed by atoms with Gasteiger partial charge in [0.25, 0.3) is 0 Å². The number of ether oxygens (including phenoxy) is 1. The molecule has 0 aliphatic heterocycles. The molecule has 0 saturated heterocycles. The number of hydrogen-bond acceptors (Lipinski definition) is 6. The fourth-order valence-electron chi connectivity index (χ4n) is 2.98. The van der Waals surface area contributed by atoms with Crippen molar-refractivity contribution in [3.8, 4) is 0 Å². The number of aliphatic hydroxyl groups is 2. The molecule has 0 aromatic rings. The summed E-state index contributed by atoms with van der Waals surface area (Å²) in [4.78, 5) is 19.4. The first-order valence-electron chi connectivity index (χ1n) is 11.8. The quantitative estimate of drug-likeness (QED) is 0.147. The van der Waals surface area contributed by atoms with Gasteiger partial charge in [0, 0.05) is 24.6 Å². The van der Waals surface area contributed by atoms with Crippen LogP contribution in [0.1, 0.15) is 96.8 Å². The van der Waals surface area contributed by atoms with Crippen molar-refractivity contribution in [3.05, 3.63) is 0 Å². The van der Waals surface area contributed by atoms with E-state index in [0.29, 0.717) is 13.0 Å². The molecule has 0 spiro atoms. The van der Waals surface area contributed by atoms with Gasteiger partial charge in [-0.15, -0.1) is 9.42 Å². The number of methoxy groups -OCH3 is 1. The maximum atomic E-state index is 11.3. The smallest absolute Gasteiger partial charge is 0.395 e. The Morgan fingerprint density at radius 1 is 0.903 bits per heavy atom. The minimum Gasteiger partial charge on any atom is -0.395 e. The van der Waals surface area contributed by atoms with E-state index in [9.17, 15) is 9.36 Å². The second-order valence-electron chi connectivity index (χ2n) is 7.71. The van der Waals surface area contributed by atoms with Crippen LogP contribution in [0.4, 0.5) is 0 Å². The van der Waals surface area contributed by atoms with Crippen molar-refractivity contribution < 1.29 is 33.7 Å². The number of nitrogens with one attached hydrogen (secondary N) is 1. The Kier molecular flexibility index (Phi) is 28.8. The third-order valence-electron chi connectivity index (χ3n) is 4.68.